The summed E-state index contributed by atoms with van der Waals surface area (Å²) < 4.78 is 5.30. The largest absolute Gasteiger partial charge is 0.495 e. The van der Waals surface area contributed by atoms with Crippen LogP contribution in [0.4, 0.5) is 10.5 Å². The average molecular weight is 487 g/mol. The van der Waals surface area contributed by atoms with Crippen LogP contribution in [0.2, 0.25) is 0 Å². The summed E-state index contributed by atoms with van der Waals surface area (Å²) in [7, 11) is 1.56. The predicted octanol–water partition coefficient (Wildman–Crippen LogP) is 3.05. The van der Waals surface area contributed by atoms with Crippen molar-refractivity contribution in [3.8, 4) is 5.75 Å². The predicted molar refractivity (Wildman–Crippen MR) is 129 cm³/mol. The quantitative estimate of drug-likeness (QED) is 0.487. The van der Waals surface area contributed by atoms with Crippen LogP contribution in [0, 0.1) is 33.3 Å². The molecule has 3 atom stereocenters. The lowest BCUT2D eigenvalue weighted by Gasteiger charge is -2.39. The average Bonchev–Trinajstić information content (AvgIpc) is 3.35. The van der Waals surface area contributed by atoms with Gasteiger partial charge < -0.3 is 19.9 Å². The van der Waals surface area contributed by atoms with E-state index in [4.69, 9.17) is 4.74 Å². The minimum Gasteiger partial charge on any atom is -0.495 e. The van der Waals surface area contributed by atoms with Crippen molar-refractivity contribution in [2.45, 2.75) is 39.0 Å². The summed E-state index contributed by atoms with van der Waals surface area (Å²) in [5.41, 5.74) is 0.605. The highest BCUT2D eigenvalue weighted by Gasteiger charge is 2.47. The number of anilines is 1. The van der Waals surface area contributed by atoms with Crippen molar-refractivity contribution in [3.63, 3.8) is 0 Å². The number of methoxy groups -OCH3 is 1. The number of piperidine rings is 1. The fourth-order valence-corrected chi connectivity index (χ4v) is 6.00. The second kappa shape index (κ2) is 10.2. The first-order chi connectivity index (χ1) is 16.7. The van der Waals surface area contributed by atoms with Crippen LogP contribution in [-0.2, 0) is 9.59 Å². The van der Waals surface area contributed by atoms with Crippen molar-refractivity contribution in [3.05, 3.63) is 34.4 Å². The number of carbonyl (C=O) groups excluding carboxylic acids is 3. The van der Waals surface area contributed by atoms with Crippen molar-refractivity contribution in [1.29, 1.82) is 0 Å². The minimum absolute atomic E-state index is 0.0237. The first-order valence-electron chi connectivity index (χ1n) is 12.3. The van der Waals surface area contributed by atoms with Crippen LogP contribution in [-0.4, -0.2) is 72.3 Å². The number of carbonyl (C=O) groups is 3. The number of ketones is 1. The molecule has 190 valence electrons. The van der Waals surface area contributed by atoms with Gasteiger partial charge in [-0.15, -0.1) is 0 Å². The highest BCUT2D eigenvalue weighted by Crippen LogP contribution is 2.42. The molecule has 2 aliphatic heterocycles. The Kier molecular flexibility index (Phi) is 7.28. The van der Waals surface area contributed by atoms with Gasteiger partial charge in [0.05, 0.1) is 12.8 Å². The van der Waals surface area contributed by atoms with Crippen LogP contribution in [0.25, 0.3) is 0 Å². The highest BCUT2D eigenvalue weighted by atomic mass is 16.6. The Labute approximate surface area is 205 Å². The Morgan fingerprint density at radius 1 is 1.17 bits per heavy atom. The van der Waals surface area contributed by atoms with Gasteiger partial charge in [-0.05, 0) is 42.7 Å². The maximum absolute atomic E-state index is 13.1. The molecule has 0 radical (unpaired) electrons. The van der Waals surface area contributed by atoms with E-state index in [0.29, 0.717) is 44.0 Å². The molecule has 1 aliphatic carbocycles. The smallest absolute Gasteiger partial charge is 0.321 e. The molecule has 3 aliphatic rings. The summed E-state index contributed by atoms with van der Waals surface area (Å²) in [6.07, 6.45) is 2.85. The Morgan fingerprint density at radius 2 is 1.83 bits per heavy atom. The summed E-state index contributed by atoms with van der Waals surface area (Å²) in [6, 6.07) is 7.12. The third-order valence-corrected chi connectivity index (χ3v) is 8.19. The van der Waals surface area contributed by atoms with Crippen molar-refractivity contribution < 1.29 is 24.0 Å². The number of para-hydroxylation sites is 2. The van der Waals surface area contributed by atoms with Crippen LogP contribution < -0.4 is 10.1 Å². The number of nitro groups is 1. The molecule has 2 heterocycles. The number of hydrogen-bond acceptors (Lipinski definition) is 6. The van der Waals surface area contributed by atoms with E-state index in [1.807, 2.05) is 24.0 Å². The number of hydrogen-bond donors (Lipinski definition) is 1. The first-order valence-corrected chi connectivity index (χ1v) is 12.3. The number of amides is 3. The molecule has 10 heteroatoms. The van der Waals surface area contributed by atoms with Crippen LogP contribution in [0.15, 0.2) is 24.3 Å². The lowest BCUT2D eigenvalue weighted by Crippen LogP contribution is -2.46. The van der Waals surface area contributed by atoms with E-state index in [2.05, 4.69) is 5.32 Å². The molecule has 3 fully saturated rings. The van der Waals surface area contributed by atoms with Gasteiger partial charge in [0.2, 0.25) is 12.5 Å². The molecule has 0 aromatic heterocycles. The maximum atomic E-state index is 13.1. The number of urea groups is 1. The molecule has 4 rings (SSSR count). The summed E-state index contributed by atoms with van der Waals surface area (Å²) in [6.45, 7) is 4.05. The molecule has 1 aromatic carbocycles. The molecule has 35 heavy (non-hydrogen) atoms. The molecule has 0 bridgehead atoms. The zero-order valence-corrected chi connectivity index (χ0v) is 20.4. The lowest BCUT2D eigenvalue weighted by molar-refractivity contribution is -0.490. The molecular weight excluding hydrogens is 452 g/mol. The van der Waals surface area contributed by atoms with Crippen molar-refractivity contribution in [2.24, 2.45) is 23.2 Å². The third-order valence-electron chi connectivity index (χ3n) is 8.19. The van der Waals surface area contributed by atoms with Gasteiger partial charge in [-0.2, -0.15) is 0 Å². The summed E-state index contributed by atoms with van der Waals surface area (Å²) in [5.74, 6) is -0.500. The molecule has 1 N–H and O–H groups in total. The van der Waals surface area contributed by atoms with E-state index >= 15 is 0 Å². The fourth-order valence-electron chi connectivity index (χ4n) is 6.00. The van der Waals surface area contributed by atoms with Crippen LogP contribution in [0.3, 0.4) is 0 Å². The molecular formula is C25H34N4O6. The molecule has 1 spiro atoms. The Hall–Kier alpha value is -3.17. The third kappa shape index (κ3) is 5.41. The number of ether oxygens (including phenoxy) is 1. The zero-order chi connectivity index (χ0) is 25.2. The SMILES string of the molecule is COc1ccccc1NC(=O)N1CCC2(CCN(C(=O)CC3C(=O)CC(C)C3C[N+](=O)[O-])C2)CC1. The van der Waals surface area contributed by atoms with E-state index in [1.54, 1.807) is 24.1 Å². The van der Waals surface area contributed by atoms with Gasteiger partial charge in [-0.25, -0.2) is 4.79 Å². The van der Waals surface area contributed by atoms with Crippen molar-refractivity contribution in [2.75, 3.05) is 45.2 Å². The lowest BCUT2D eigenvalue weighted by atomic mass is 9.78. The van der Waals surface area contributed by atoms with E-state index < -0.39 is 5.92 Å². The number of benzene rings is 1. The number of rotatable bonds is 6. The maximum Gasteiger partial charge on any atom is 0.321 e. The zero-order valence-electron chi connectivity index (χ0n) is 20.4. The standard InChI is InChI=1S/C25H34N4O6/c1-17-13-21(30)18(19(17)15-29(33)34)14-23(31)28-12-9-25(16-28)7-10-27(11-8-25)24(32)26-20-5-3-4-6-22(20)35-2/h3-6,17-19H,7-16H2,1-2H3,(H,26,32). The van der Waals surface area contributed by atoms with E-state index in [9.17, 15) is 24.5 Å². The first kappa shape index (κ1) is 24.9. The topological polar surface area (TPSA) is 122 Å². The van der Waals surface area contributed by atoms with Gasteiger partial charge >= 0.3 is 6.03 Å². The highest BCUT2D eigenvalue weighted by molar-refractivity contribution is 5.91. The van der Waals surface area contributed by atoms with Crippen LogP contribution >= 0.6 is 0 Å². The second-order valence-corrected chi connectivity index (χ2v) is 10.3. The Bertz CT molecular complexity index is 990. The molecule has 1 aromatic rings. The van der Waals surface area contributed by atoms with E-state index in [-0.39, 0.29) is 52.9 Å². The molecule has 3 amide bonds. The van der Waals surface area contributed by atoms with Crippen molar-refractivity contribution >= 4 is 23.4 Å². The van der Waals surface area contributed by atoms with Crippen LogP contribution in [0.1, 0.15) is 39.0 Å². The molecule has 1 saturated carbocycles. The number of nitrogens with zero attached hydrogens (tertiary/aromatic N) is 3. The van der Waals surface area contributed by atoms with Crippen LogP contribution in [0.5, 0.6) is 5.75 Å². The van der Waals surface area contributed by atoms with E-state index in [1.165, 1.54) is 0 Å². The molecule has 10 nitrogen and oxygen atoms in total. The van der Waals surface area contributed by atoms with Gasteiger partial charge in [-0.3, -0.25) is 19.7 Å². The summed E-state index contributed by atoms with van der Waals surface area (Å²) >= 11 is 0. The Morgan fingerprint density at radius 3 is 2.49 bits per heavy atom. The Balaban J connectivity index is 1.30. The molecule has 2 saturated heterocycles. The monoisotopic (exact) mass is 486 g/mol. The van der Waals surface area contributed by atoms with Gasteiger partial charge in [0, 0.05) is 55.8 Å². The van der Waals surface area contributed by atoms with Gasteiger partial charge in [0.25, 0.3) is 0 Å². The van der Waals surface area contributed by atoms with Gasteiger partial charge in [0.1, 0.15) is 11.5 Å². The van der Waals surface area contributed by atoms with Crippen molar-refractivity contribution in [1.82, 2.24) is 9.80 Å². The number of nitrogens with one attached hydrogen (secondary N) is 1. The minimum atomic E-state index is -0.556. The normalized spacial score (nSPS) is 25.7. The van der Waals surface area contributed by atoms with E-state index in [0.717, 1.165) is 19.3 Å². The fraction of sp³-hybridized carbons (Fsp3) is 0.640. The van der Waals surface area contributed by atoms with Gasteiger partial charge in [0.15, 0.2) is 0 Å². The number of likely N-dealkylation sites (tertiary alicyclic amines) is 2. The summed E-state index contributed by atoms with van der Waals surface area (Å²) in [4.78, 5) is 52.6. The second-order valence-electron chi connectivity index (χ2n) is 10.3. The summed E-state index contributed by atoms with van der Waals surface area (Å²) in [5, 5.41) is 14.0. The van der Waals surface area contributed by atoms with Gasteiger partial charge in [-0.1, -0.05) is 19.1 Å². The number of Topliss-reactive ketones (excluding diaryl/α,β-unsaturated/α-hetero) is 1. The molecule has 3 unspecified atom stereocenters.